The average Bonchev–Trinajstić information content (AvgIpc) is 2.65. The highest BCUT2D eigenvalue weighted by atomic mass is 32.2. The van der Waals surface area contributed by atoms with Crippen LogP contribution in [0.4, 0.5) is 5.69 Å². The van der Waals surface area contributed by atoms with Crippen LogP contribution in [0.25, 0.3) is 0 Å². The fraction of sp³-hybridized carbons (Fsp3) is 0.368. The predicted octanol–water partition coefficient (Wildman–Crippen LogP) is 5.04. The van der Waals surface area contributed by atoms with Crippen molar-refractivity contribution in [1.82, 2.24) is 0 Å². The summed E-state index contributed by atoms with van der Waals surface area (Å²) >= 11 is 0. The molecule has 2 rings (SSSR count). The summed E-state index contributed by atoms with van der Waals surface area (Å²) in [6, 6.07) is 12.3. The van der Waals surface area contributed by atoms with Gasteiger partial charge >= 0.3 is 7.60 Å². The van der Waals surface area contributed by atoms with Gasteiger partial charge < -0.3 is 9.05 Å². The van der Waals surface area contributed by atoms with Crippen LogP contribution in [0.2, 0.25) is 0 Å². The summed E-state index contributed by atoms with van der Waals surface area (Å²) < 4.78 is 55.9. The lowest BCUT2D eigenvalue weighted by atomic mass is 10.2. The SMILES string of the molecule is CC(C)OP(=O)(OC(C)C)[C@H](OS(=O)(=O)c1ccc([N+](=O)[O-])cc1)c1ccccc1. The smallest absolute Gasteiger partial charge is 0.304 e. The van der Waals surface area contributed by atoms with Crippen molar-refractivity contribution in [2.75, 3.05) is 0 Å². The molecule has 0 fully saturated rings. The summed E-state index contributed by atoms with van der Waals surface area (Å²) in [6.07, 6.45) is -1.07. The minimum Gasteiger partial charge on any atom is -0.304 e. The maximum atomic E-state index is 13.7. The van der Waals surface area contributed by atoms with E-state index in [0.717, 1.165) is 24.3 Å². The third kappa shape index (κ3) is 6.20. The average molecular weight is 457 g/mol. The minimum atomic E-state index is -4.46. The van der Waals surface area contributed by atoms with E-state index in [2.05, 4.69) is 0 Å². The van der Waals surface area contributed by atoms with Crippen LogP contribution in [-0.4, -0.2) is 25.5 Å². The predicted molar refractivity (Wildman–Crippen MR) is 111 cm³/mol. The quantitative estimate of drug-likeness (QED) is 0.210. The lowest BCUT2D eigenvalue weighted by Crippen LogP contribution is -2.19. The Morgan fingerprint density at radius 1 is 0.900 bits per heavy atom. The molecule has 0 N–H and O–H groups in total. The van der Waals surface area contributed by atoms with E-state index in [1.54, 1.807) is 58.0 Å². The van der Waals surface area contributed by atoms with Crippen LogP contribution >= 0.6 is 7.60 Å². The minimum absolute atomic E-state index is 0.273. The fourth-order valence-electron chi connectivity index (χ4n) is 2.54. The number of nitrogens with zero attached hydrogens (tertiary/aromatic N) is 1. The molecule has 9 nitrogen and oxygen atoms in total. The van der Waals surface area contributed by atoms with Crippen molar-refractivity contribution in [2.24, 2.45) is 0 Å². The number of rotatable bonds is 10. The van der Waals surface area contributed by atoms with Gasteiger partial charge in [-0.25, -0.2) is 4.18 Å². The molecule has 2 aromatic rings. The van der Waals surface area contributed by atoms with Crippen LogP contribution in [0.1, 0.15) is 39.1 Å². The zero-order valence-corrected chi connectivity index (χ0v) is 18.7. The number of non-ortho nitro benzene ring substituents is 1. The highest BCUT2D eigenvalue weighted by Gasteiger charge is 2.43. The molecule has 0 amide bonds. The molecule has 0 heterocycles. The molecule has 0 unspecified atom stereocenters. The zero-order chi connectivity index (χ0) is 22.5. The van der Waals surface area contributed by atoms with Crippen LogP contribution in [0, 0.1) is 10.1 Å². The maximum absolute atomic E-state index is 13.7. The molecule has 0 saturated carbocycles. The van der Waals surface area contributed by atoms with Crippen LogP contribution in [0.5, 0.6) is 0 Å². The molecule has 0 bridgehead atoms. The first-order valence-electron chi connectivity index (χ1n) is 9.14. The number of hydrogen-bond acceptors (Lipinski definition) is 8. The van der Waals surface area contributed by atoms with Crippen LogP contribution < -0.4 is 0 Å². The number of hydrogen-bond donors (Lipinski definition) is 0. The third-order valence-corrected chi connectivity index (χ3v) is 7.49. The van der Waals surface area contributed by atoms with Crippen molar-refractivity contribution >= 4 is 23.4 Å². The zero-order valence-electron chi connectivity index (χ0n) is 17.0. The van der Waals surface area contributed by atoms with E-state index in [-0.39, 0.29) is 16.1 Å². The van der Waals surface area contributed by atoms with E-state index in [0.29, 0.717) is 0 Å². The van der Waals surface area contributed by atoms with Gasteiger partial charge in [-0.15, -0.1) is 0 Å². The maximum Gasteiger partial charge on any atom is 0.365 e. The van der Waals surface area contributed by atoms with Crippen molar-refractivity contribution in [3.05, 3.63) is 70.3 Å². The summed E-state index contributed by atoms with van der Waals surface area (Å²) in [7, 11) is -8.58. The molecule has 0 aromatic heterocycles. The van der Waals surface area contributed by atoms with Crippen LogP contribution in [0.15, 0.2) is 59.5 Å². The van der Waals surface area contributed by atoms with Gasteiger partial charge in [-0.1, -0.05) is 30.3 Å². The first-order valence-corrected chi connectivity index (χ1v) is 12.2. The van der Waals surface area contributed by atoms with Gasteiger partial charge in [0.15, 0.2) is 0 Å². The largest absolute Gasteiger partial charge is 0.365 e. The van der Waals surface area contributed by atoms with Gasteiger partial charge in [0.05, 0.1) is 22.0 Å². The second-order valence-electron chi connectivity index (χ2n) is 6.91. The van der Waals surface area contributed by atoms with Gasteiger partial charge in [-0.2, -0.15) is 8.42 Å². The molecule has 0 aliphatic rings. The molecule has 11 heteroatoms. The summed E-state index contributed by atoms with van der Waals surface area (Å²) in [5, 5.41) is 10.8. The highest BCUT2D eigenvalue weighted by Crippen LogP contribution is 2.63. The van der Waals surface area contributed by atoms with E-state index in [4.69, 9.17) is 13.2 Å². The molecule has 1 atom stereocenters. The van der Waals surface area contributed by atoms with Crippen LogP contribution in [-0.2, 0) is 27.9 Å². The molecule has 0 spiro atoms. The normalized spacial score (nSPS) is 13.5. The number of benzene rings is 2. The van der Waals surface area contributed by atoms with Gasteiger partial charge in [0.25, 0.3) is 15.8 Å². The number of nitro groups is 1. The summed E-state index contributed by atoms with van der Waals surface area (Å²) in [5.74, 6) is -1.57. The van der Waals surface area contributed by atoms with Gasteiger partial charge in [-0.3, -0.25) is 14.7 Å². The molecule has 2 aromatic carbocycles. The molecular formula is C19H24NO8PS. The Bertz CT molecular complexity index is 993. The molecule has 0 aliphatic carbocycles. The standard InChI is InChI=1S/C19H24NO8PS/c1-14(2)26-29(23,27-15(3)4)19(16-8-6-5-7-9-16)28-30(24,25)18-12-10-17(11-13-18)20(21)22/h5-15,19H,1-4H3/t19-/m0/s1. The molecule has 30 heavy (non-hydrogen) atoms. The van der Waals surface area contributed by atoms with Crippen molar-refractivity contribution in [1.29, 1.82) is 0 Å². The van der Waals surface area contributed by atoms with Gasteiger partial charge in [-0.05, 0) is 45.4 Å². The lowest BCUT2D eigenvalue weighted by Gasteiger charge is -2.29. The van der Waals surface area contributed by atoms with E-state index in [1.807, 2.05) is 0 Å². The van der Waals surface area contributed by atoms with Crippen molar-refractivity contribution < 1.29 is 31.1 Å². The van der Waals surface area contributed by atoms with E-state index >= 15 is 0 Å². The third-order valence-electron chi connectivity index (χ3n) is 3.64. The van der Waals surface area contributed by atoms with E-state index in [1.165, 1.54) is 0 Å². The first-order chi connectivity index (χ1) is 13.9. The molecule has 0 aliphatic heterocycles. The van der Waals surface area contributed by atoms with E-state index < -0.39 is 40.7 Å². The first kappa shape index (κ1) is 24.2. The Morgan fingerprint density at radius 3 is 1.83 bits per heavy atom. The Labute approximate surface area is 175 Å². The fourth-order valence-corrected chi connectivity index (χ4v) is 6.22. The van der Waals surface area contributed by atoms with Crippen LogP contribution in [0.3, 0.4) is 0 Å². The monoisotopic (exact) mass is 457 g/mol. The Hall–Kier alpha value is -2.10. The molecular weight excluding hydrogens is 433 g/mol. The summed E-state index contributed by atoms with van der Waals surface area (Å²) in [4.78, 5) is 9.84. The Balaban J connectivity index is 2.51. The lowest BCUT2D eigenvalue weighted by molar-refractivity contribution is -0.384. The molecule has 164 valence electrons. The second-order valence-corrected chi connectivity index (χ2v) is 10.5. The molecule has 0 saturated heterocycles. The van der Waals surface area contributed by atoms with Gasteiger partial charge in [0.2, 0.25) is 5.85 Å². The highest BCUT2D eigenvalue weighted by molar-refractivity contribution is 7.87. The van der Waals surface area contributed by atoms with Crippen molar-refractivity contribution in [3.63, 3.8) is 0 Å². The van der Waals surface area contributed by atoms with Crippen molar-refractivity contribution in [2.45, 2.75) is 50.6 Å². The summed E-state index contributed by atoms with van der Waals surface area (Å²) in [6.45, 7) is 6.57. The van der Waals surface area contributed by atoms with Gasteiger partial charge in [0.1, 0.15) is 0 Å². The Morgan fingerprint density at radius 2 is 1.40 bits per heavy atom. The van der Waals surface area contributed by atoms with Crippen molar-refractivity contribution in [3.8, 4) is 0 Å². The molecule has 0 radical (unpaired) electrons. The topological polar surface area (TPSA) is 122 Å². The second kappa shape index (κ2) is 9.80. The Kier molecular flexibility index (Phi) is 7.90. The summed E-state index contributed by atoms with van der Waals surface area (Å²) in [5.41, 5.74) is 0.0122. The van der Waals surface area contributed by atoms with Gasteiger partial charge in [0, 0.05) is 12.1 Å². The number of nitro benzene ring substituents is 1. The van der Waals surface area contributed by atoms with E-state index in [9.17, 15) is 23.1 Å².